The first kappa shape index (κ1) is 14.4. The quantitative estimate of drug-likeness (QED) is 0.731. The number of phenolic OH excluding ortho intramolecular Hbond substituents is 1. The van der Waals surface area contributed by atoms with Crippen LogP contribution in [0, 0.1) is 0 Å². The highest BCUT2D eigenvalue weighted by Gasteiger charge is 2.25. The van der Waals surface area contributed by atoms with Gasteiger partial charge in [-0.15, -0.1) is 0 Å². The maximum Gasteiger partial charge on any atom is 0.117 e. The monoisotopic (exact) mass is 254 g/mol. The summed E-state index contributed by atoms with van der Waals surface area (Å²) in [6.45, 7) is 6.69. The Labute approximate surface area is 110 Å². The van der Waals surface area contributed by atoms with Crippen molar-refractivity contribution in [3.05, 3.63) is 28.8 Å². The third kappa shape index (κ3) is 3.92. The minimum atomic E-state index is 0.132. The van der Waals surface area contributed by atoms with Crippen molar-refractivity contribution in [2.75, 3.05) is 0 Å². The molecule has 0 saturated carbocycles. The molecule has 96 valence electrons. The summed E-state index contributed by atoms with van der Waals surface area (Å²) >= 11 is 6.03. The lowest BCUT2D eigenvalue weighted by molar-refractivity contribution is 0.380. The lowest BCUT2D eigenvalue weighted by Gasteiger charge is -2.30. The van der Waals surface area contributed by atoms with E-state index in [-0.39, 0.29) is 11.2 Å². The summed E-state index contributed by atoms with van der Waals surface area (Å²) in [4.78, 5) is 0. The largest absolute Gasteiger partial charge is 0.508 e. The van der Waals surface area contributed by atoms with Gasteiger partial charge in [-0.25, -0.2) is 0 Å². The van der Waals surface area contributed by atoms with Crippen molar-refractivity contribution in [2.24, 2.45) is 0 Å². The van der Waals surface area contributed by atoms with Crippen LogP contribution in [0.15, 0.2) is 18.2 Å². The van der Waals surface area contributed by atoms with Crippen molar-refractivity contribution in [1.29, 1.82) is 0 Å². The molecular formula is C15H23ClO. The Hall–Kier alpha value is -0.690. The molecule has 1 aromatic carbocycles. The molecule has 1 N–H and O–H groups in total. The van der Waals surface area contributed by atoms with E-state index in [4.69, 9.17) is 11.6 Å². The molecule has 1 rings (SSSR count). The molecule has 2 heteroatoms. The van der Waals surface area contributed by atoms with Crippen LogP contribution in [0.3, 0.4) is 0 Å². The second kappa shape index (κ2) is 6.30. The highest BCUT2D eigenvalue weighted by molar-refractivity contribution is 6.30. The van der Waals surface area contributed by atoms with Crippen molar-refractivity contribution < 1.29 is 5.11 Å². The molecular weight excluding hydrogens is 232 g/mol. The SMILES string of the molecule is CCCCC(C)(CCC)c1cc(O)cc(Cl)c1. The maximum absolute atomic E-state index is 9.67. The number of phenols is 1. The Balaban J connectivity index is 3.02. The first-order chi connectivity index (χ1) is 8.01. The number of hydrogen-bond acceptors (Lipinski definition) is 1. The van der Waals surface area contributed by atoms with E-state index < -0.39 is 0 Å². The number of aromatic hydroxyl groups is 1. The molecule has 0 heterocycles. The maximum atomic E-state index is 9.67. The van der Waals surface area contributed by atoms with Gasteiger partial charge >= 0.3 is 0 Å². The minimum Gasteiger partial charge on any atom is -0.508 e. The van der Waals surface area contributed by atoms with Crippen LogP contribution in [0.5, 0.6) is 5.75 Å². The molecule has 0 aromatic heterocycles. The average molecular weight is 255 g/mol. The fraction of sp³-hybridized carbons (Fsp3) is 0.600. The van der Waals surface area contributed by atoms with Crippen LogP contribution in [0.25, 0.3) is 0 Å². The highest BCUT2D eigenvalue weighted by Crippen LogP contribution is 2.37. The van der Waals surface area contributed by atoms with Crippen molar-refractivity contribution in [3.8, 4) is 5.75 Å². The van der Waals surface area contributed by atoms with E-state index in [1.807, 2.05) is 12.1 Å². The first-order valence-electron chi connectivity index (χ1n) is 6.52. The second-order valence-electron chi connectivity index (χ2n) is 5.11. The van der Waals surface area contributed by atoms with Crippen LogP contribution in [-0.4, -0.2) is 5.11 Å². The van der Waals surface area contributed by atoms with Gasteiger partial charge < -0.3 is 5.11 Å². The molecule has 0 saturated heterocycles. The molecule has 1 unspecified atom stereocenters. The predicted molar refractivity (Wildman–Crippen MR) is 74.9 cm³/mol. The molecule has 0 amide bonds. The Morgan fingerprint density at radius 3 is 2.35 bits per heavy atom. The molecule has 1 aromatic rings. The Kier molecular flexibility index (Phi) is 5.32. The second-order valence-corrected chi connectivity index (χ2v) is 5.55. The third-order valence-electron chi connectivity index (χ3n) is 3.46. The number of benzene rings is 1. The third-order valence-corrected chi connectivity index (χ3v) is 3.68. The first-order valence-corrected chi connectivity index (χ1v) is 6.89. The van der Waals surface area contributed by atoms with E-state index in [0.717, 1.165) is 24.8 Å². The Morgan fingerprint density at radius 2 is 1.82 bits per heavy atom. The summed E-state index contributed by atoms with van der Waals surface area (Å²) in [6, 6.07) is 5.45. The fourth-order valence-electron chi connectivity index (χ4n) is 2.46. The molecule has 1 nitrogen and oxygen atoms in total. The summed E-state index contributed by atoms with van der Waals surface area (Å²) in [6.07, 6.45) is 5.84. The summed E-state index contributed by atoms with van der Waals surface area (Å²) in [5.74, 6) is 0.270. The van der Waals surface area contributed by atoms with Gasteiger partial charge in [0, 0.05) is 5.02 Å². The van der Waals surface area contributed by atoms with Crippen molar-refractivity contribution in [1.82, 2.24) is 0 Å². The fourth-order valence-corrected chi connectivity index (χ4v) is 2.68. The standard InChI is InChI=1S/C15H23ClO/c1-4-6-8-15(3,7-5-2)12-9-13(16)11-14(17)10-12/h9-11,17H,4-8H2,1-3H3. The molecule has 0 spiro atoms. The van der Waals surface area contributed by atoms with Crippen LogP contribution in [0.1, 0.15) is 58.4 Å². The van der Waals surface area contributed by atoms with Gasteiger partial charge in [0.2, 0.25) is 0 Å². The van der Waals surface area contributed by atoms with Gasteiger partial charge in [-0.05, 0) is 42.0 Å². The smallest absolute Gasteiger partial charge is 0.117 e. The Morgan fingerprint density at radius 1 is 1.12 bits per heavy atom. The molecule has 0 aliphatic heterocycles. The van der Waals surface area contributed by atoms with Gasteiger partial charge in [-0.1, -0.05) is 51.6 Å². The zero-order valence-electron chi connectivity index (χ0n) is 11.1. The van der Waals surface area contributed by atoms with E-state index in [1.165, 1.54) is 12.8 Å². The summed E-state index contributed by atoms with van der Waals surface area (Å²) in [5.41, 5.74) is 1.30. The van der Waals surface area contributed by atoms with Crippen molar-refractivity contribution in [2.45, 2.75) is 58.3 Å². The topological polar surface area (TPSA) is 20.2 Å². The van der Waals surface area contributed by atoms with Gasteiger partial charge in [0.15, 0.2) is 0 Å². The number of unbranched alkanes of at least 4 members (excludes halogenated alkanes) is 1. The number of halogens is 1. The zero-order valence-corrected chi connectivity index (χ0v) is 11.8. The van der Waals surface area contributed by atoms with E-state index in [2.05, 4.69) is 20.8 Å². The lowest BCUT2D eigenvalue weighted by atomic mass is 9.75. The van der Waals surface area contributed by atoms with Gasteiger partial charge in [0.05, 0.1) is 0 Å². The van der Waals surface area contributed by atoms with Crippen molar-refractivity contribution in [3.63, 3.8) is 0 Å². The van der Waals surface area contributed by atoms with E-state index in [1.54, 1.807) is 6.07 Å². The molecule has 17 heavy (non-hydrogen) atoms. The number of rotatable bonds is 6. The Bertz CT molecular complexity index is 342. The molecule has 1 atom stereocenters. The van der Waals surface area contributed by atoms with Gasteiger partial charge in [-0.3, -0.25) is 0 Å². The van der Waals surface area contributed by atoms with Crippen LogP contribution < -0.4 is 0 Å². The van der Waals surface area contributed by atoms with Crippen LogP contribution in [0.4, 0.5) is 0 Å². The lowest BCUT2D eigenvalue weighted by Crippen LogP contribution is -2.21. The molecule has 0 aliphatic rings. The molecule has 0 fully saturated rings. The summed E-state index contributed by atoms with van der Waals surface area (Å²) < 4.78 is 0. The van der Waals surface area contributed by atoms with Crippen LogP contribution in [0.2, 0.25) is 5.02 Å². The average Bonchev–Trinajstić information content (AvgIpc) is 2.25. The zero-order chi connectivity index (χ0) is 12.9. The normalized spacial score (nSPS) is 14.6. The van der Waals surface area contributed by atoms with Crippen molar-refractivity contribution >= 4 is 11.6 Å². The molecule has 0 bridgehead atoms. The van der Waals surface area contributed by atoms with Crippen LogP contribution in [-0.2, 0) is 5.41 Å². The predicted octanol–water partition coefficient (Wildman–Crippen LogP) is 5.29. The highest BCUT2D eigenvalue weighted by atomic mass is 35.5. The van der Waals surface area contributed by atoms with E-state index in [0.29, 0.717) is 5.02 Å². The minimum absolute atomic E-state index is 0.132. The van der Waals surface area contributed by atoms with Gasteiger partial charge in [0.25, 0.3) is 0 Å². The summed E-state index contributed by atoms with van der Waals surface area (Å²) in [7, 11) is 0. The van der Waals surface area contributed by atoms with Gasteiger partial charge in [-0.2, -0.15) is 0 Å². The van der Waals surface area contributed by atoms with Crippen LogP contribution >= 0.6 is 11.6 Å². The van der Waals surface area contributed by atoms with E-state index in [9.17, 15) is 5.11 Å². The summed E-state index contributed by atoms with van der Waals surface area (Å²) in [5, 5.41) is 10.3. The van der Waals surface area contributed by atoms with E-state index >= 15 is 0 Å². The molecule has 0 radical (unpaired) electrons. The number of hydrogen-bond donors (Lipinski definition) is 1. The molecule has 0 aliphatic carbocycles. The van der Waals surface area contributed by atoms with Gasteiger partial charge in [0.1, 0.15) is 5.75 Å².